The van der Waals surface area contributed by atoms with E-state index in [1.54, 1.807) is 0 Å². The predicted molar refractivity (Wildman–Crippen MR) is 137 cm³/mol. The Bertz CT molecular complexity index is 928. The quantitative estimate of drug-likeness (QED) is 0.503. The molecular weight excluding hydrogens is 392 g/mol. The van der Waals surface area contributed by atoms with E-state index in [0.29, 0.717) is 12.1 Å². The minimum Gasteiger partial charge on any atom is -0.353 e. The first-order chi connectivity index (χ1) is 15.5. The van der Waals surface area contributed by atoms with E-state index >= 15 is 0 Å². The summed E-state index contributed by atoms with van der Waals surface area (Å²) in [4.78, 5) is 4.87. The fraction of sp³-hybridized carbons (Fsp3) is 0.429. The third-order valence-corrected chi connectivity index (χ3v) is 6.23. The van der Waals surface area contributed by atoms with Crippen molar-refractivity contribution < 1.29 is 0 Å². The van der Waals surface area contributed by atoms with Gasteiger partial charge in [-0.15, -0.1) is 5.10 Å². The average molecular weight is 431 g/mol. The van der Waals surface area contributed by atoms with Gasteiger partial charge >= 0.3 is 0 Å². The molecule has 0 amide bonds. The summed E-state index contributed by atoms with van der Waals surface area (Å²) in [5.41, 5.74) is 4.73. The van der Waals surface area contributed by atoms with Crippen LogP contribution in [0.15, 0.2) is 82.5 Å². The highest BCUT2D eigenvalue weighted by Crippen LogP contribution is 2.20. The Kier molecular flexibility index (Phi) is 8.81. The molecule has 1 heterocycles. The number of nitrogens with zero attached hydrogens (tertiary/aromatic N) is 4. The smallest absolute Gasteiger partial charge is 0.154 e. The highest BCUT2D eigenvalue weighted by atomic mass is 15.3. The zero-order valence-electron chi connectivity index (χ0n) is 20.3. The van der Waals surface area contributed by atoms with Gasteiger partial charge in [-0.3, -0.25) is 4.90 Å². The Hall–Kier alpha value is -2.72. The molecule has 2 aromatic rings. The molecule has 0 saturated carbocycles. The summed E-state index contributed by atoms with van der Waals surface area (Å²) in [6.45, 7) is 10.9. The predicted octanol–water partition coefficient (Wildman–Crippen LogP) is 5.80. The lowest BCUT2D eigenvalue weighted by atomic mass is 10.00. The van der Waals surface area contributed by atoms with Gasteiger partial charge in [-0.2, -0.15) is 5.10 Å². The van der Waals surface area contributed by atoms with Crippen molar-refractivity contribution in [3.8, 4) is 0 Å². The van der Waals surface area contributed by atoms with Crippen molar-refractivity contribution in [3.63, 3.8) is 0 Å². The van der Waals surface area contributed by atoms with Crippen molar-refractivity contribution in [1.29, 1.82) is 0 Å². The summed E-state index contributed by atoms with van der Waals surface area (Å²) < 4.78 is 0. The first kappa shape index (κ1) is 23.9. The lowest BCUT2D eigenvalue weighted by molar-refractivity contribution is 0.178. The molecule has 4 heteroatoms. The van der Waals surface area contributed by atoms with Crippen LogP contribution in [-0.2, 0) is 6.42 Å². The number of hydrogen-bond donors (Lipinski definition) is 0. The van der Waals surface area contributed by atoms with Gasteiger partial charge in [-0.25, -0.2) is 0 Å². The van der Waals surface area contributed by atoms with Crippen molar-refractivity contribution in [2.24, 2.45) is 10.2 Å². The van der Waals surface area contributed by atoms with Crippen LogP contribution in [0.5, 0.6) is 0 Å². The summed E-state index contributed by atoms with van der Waals surface area (Å²) in [6.07, 6.45) is 5.07. The SMILES string of the molecule is CCCN(CC(C)N(C)C(C)C)C1=NN=C(c2ccccc2)CC=C1Cc1ccccc1. The maximum atomic E-state index is 4.88. The first-order valence-electron chi connectivity index (χ1n) is 11.9. The second-order valence-electron chi connectivity index (χ2n) is 8.99. The van der Waals surface area contributed by atoms with Crippen molar-refractivity contribution in [2.75, 3.05) is 20.1 Å². The van der Waals surface area contributed by atoms with Gasteiger partial charge in [0.05, 0.1) is 5.71 Å². The molecule has 32 heavy (non-hydrogen) atoms. The summed E-state index contributed by atoms with van der Waals surface area (Å²) in [6, 6.07) is 22.0. The minimum atomic E-state index is 0.419. The Morgan fingerprint density at radius 1 is 0.906 bits per heavy atom. The molecule has 170 valence electrons. The molecule has 0 aromatic heterocycles. The van der Waals surface area contributed by atoms with Crippen LogP contribution in [0.2, 0.25) is 0 Å². The molecule has 1 aliphatic heterocycles. The molecule has 3 rings (SSSR count). The Balaban J connectivity index is 1.95. The standard InChI is InChI=1S/C28H38N4/c1-6-19-32(21-23(4)31(5)22(2)3)28-26(20-24-13-9-7-10-14-24)17-18-27(29-30-28)25-15-11-8-12-16-25/h7-17,22-23H,6,18-21H2,1-5H3. The lowest BCUT2D eigenvalue weighted by Gasteiger charge is -2.35. The Morgan fingerprint density at radius 3 is 2.19 bits per heavy atom. The number of rotatable bonds is 9. The van der Waals surface area contributed by atoms with Crippen LogP contribution in [0, 0.1) is 0 Å². The normalized spacial score (nSPS) is 15.2. The van der Waals surface area contributed by atoms with Crippen LogP contribution in [0.4, 0.5) is 0 Å². The number of hydrogen-bond acceptors (Lipinski definition) is 4. The van der Waals surface area contributed by atoms with Gasteiger partial charge < -0.3 is 4.90 Å². The number of likely N-dealkylation sites (N-methyl/N-ethyl adjacent to an activating group) is 1. The minimum absolute atomic E-state index is 0.419. The topological polar surface area (TPSA) is 31.2 Å². The van der Waals surface area contributed by atoms with Crippen LogP contribution in [0.3, 0.4) is 0 Å². The molecule has 2 aromatic carbocycles. The summed E-state index contributed by atoms with van der Waals surface area (Å²) in [5, 5.41) is 9.63. The molecule has 1 unspecified atom stereocenters. The third-order valence-electron chi connectivity index (χ3n) is 6.23. The highest BCUT2D eigenvalue weighted by Gasteiger charge is 2.23. The van der Waals surface area contributed by atoms with Crippen molar-refractivity contribution in [3.05, 3.63) is 83.4 Å². The monoisotopic (exact) mass is 430 g/mol. The first-order valence-corrected chi connectivity index (χ1v) is 11.9. The highest BCUT2D eigenvalue weighted by molar-refractivity contribution is 6.06. The number of amidine groups is 1. The van der Waals surface area contributed by atoms with E-state index in [2.05, 4.69) is 105 Å². The molecule has 4 nitrogen and oxygen atoms in total. The van der Waals surface area contributed by atoms with Crippen LogP contribution in [-0.4, -0.2) is 53.6 Å². The molecule has 0 spiro atoms. The average Bonchev–Trinajstić information content (AvgIpc) is 3.02. The van der Waals surface area contributed by atoms with Crippen LogP contribution < -0.4 is 0 Å². The zero-order valence-corrected chi connectivity index (χ0v) is 20.3. The van der Waals surface area contributed by atoms with Crippen LogP contribution >= 0.6 is 0 Å². The van der Waals surface area contributed by atoms with E-state index in [0.717, 1.165) is 49.5 Å². The number of benzene rings is 2. The summed E-state index contributed by atoms with van der Waals surface area (Å²) >= 11 is 0. The molecule has 1 atom stereocenters. The van der Waals surface area contributed by atoms with E-state index < -0.39 is 0 Å². The molecule has 0 fully saturated rings. The van der Waals surface area contributed by atoms with E-state index in [1.807, 2.05) is 6.07 Å². The molecule has 1 aliphatic rings. The van der Waals surface area contributed by atoms with E-state index in [-0.39, 0.29) is 0 Å². The maximum Gasteiger partial charge on any atom is 0.154 e. The molecule has 0 aliphatic carbocycles. The van der Waals surface area contributed by atoms with Gasteiger partial charge in [0.25, 0.3) is 0 Å². The van der Waals surface area contributed by atoms with Crippen molar-refractivity contribution >= 4 is 11.5 Å². The summed E-state index contributed by atoms with van der Waals surface area (Å²) in [7, 11) is 2.21. The third kappa shape index (κ3) is 6.39. The van der Waals surface area contributed by atoms with Gasteiger partial charge in [-0.05, 0) is 50.9 Å². The van der Waals surface area contributed by atoms with E-state index in [9.17, 15) is 0 Å². The van der Waals surface area contributed by atoms with Gasteiger partial charge in [0.1, 0.15) is 0 Å². The van der Waals surface area contributed by atoms with E-state index in [1.165, 1.54) is 11.1 Å². The number of allylic oxidation sites excluding steroid dienone is 1. The fourth-order valence-corrected chi connectivity index (χ4v) is 4.07. The Morgan fingerprint density at radius 2 is 1.56 bits per heavy atom. The molecular formula is C28H38N4. The van der Waals surface area contributed by atoms with Crippen molar-refractivity contribution in [1.82, 2.24) is 9.80 Å². The maximum absolute atomic E-state index is 4.88. The van der Waals surface area contributed by atoms with E-state index in [4.69, 9.17) is 10.2 Å². The van der Waals surface area contributed by atoms with Gasteiger partial charge in [0, 0.05) is 38.0 Å². The summed E-state index contributed by atoms with van der Waals surface area (Å²) in [5.74, 6) is 1.02. The van der Waals surface area contributed by atoms with Gasteiger partial charge in [-0.1, -0.05) is 73.7 Å². The largest absolute Gasteiger partial charge is 0.353 e. The van der Waals surface area contributed by atoms with Crippen molar-refractivity contribution in [2.45, 2.75) is 59.0 Å². The second-order valence-corrected chi connectivity index (χ2v) is 8.99. The second kappa shape index (κ2) is 11.8. The molecule has 0 bridgehead atoms. The van der Waals surface area contributed by atoms with Gasteiger partial charge in [0.2, 0.25) is 0 Å². The molecule has 0 radical (unpaired) electrons. The lowest BCUT2D eigenvalue weighted by Crippen LogP contribution is -2.46. The van der Waals surface area contributed by atoms with Gasteiger partial charge in [0.15, 0.2) is 5.84 Å². The van der Waals surface area contributed by atoms with Crippen LogP contribution in [0.1, 0.15) is 51.7 Å². The van der Waals surface area contributed by atoms with Crippen LogP contribution in [0.25, 0.3) is 0 Å². The fourth-order valence-electron chi connectivity index (χ4n) is 4.07. The molecule has 0 N–H and O–H groups in total. The molecule has 0 saturated heterocycles. The Labute approximate surface area is 194 Å². The zero-order chi connectivity index (χ0) is 22.9.